The van der Waals surface area contributed by atoms with Gasteiger partial charge in [0.1, 0.15) is 5.75 Å². The van der Waals surface area contributed by atoms with E-state index in [1.54, 1.807) is 6.07 Å². The Hall–Kier alpha value is -2.38. The first kappa shape index (κ1) is 17.7. The molecule has 7 nitrogen and oxygen atoms in total. The summed E-state index contributed by atoms with van der Waals surface area (Å²) in [4.78, 5) is 5.18. The zero-order valence-corrected chi connectivity index (χ0v) is 16.4. The van der Waals surface area contributed by atoms with Gasteiger partial charge in [0.15, 0.2) is 5.82 Å². The van der Waals surface area contributed by atoms with Crippen LogP contribution in [0.5, 0.6) is 5.75 Å². The minimum absolute atomic E-state index is 0.0230. The van der Waals surface area contributed by atoms with Crippen molar-refractivity contribution in [3.05, 3.63) is 30.3 Å². The number of nitrogens with one attached hydrogen (secondary N) is 2. The summed E-state index contributed by atoms with van der Waals surface area (Å²) in [6, 6.07) is 10.1. The molecule has 0 aliphatic carbocycles. The number of nitrogens with zero attached hydrogens (tertiary/aromatic N) is 4. The fraction of sp³-hybridized carbons (Fsp3) is 0.524. The third-order valence-corrected chi connectivity index (χ3v) is 6.51. The van der Waals surface area contributed by atoms with Crippen molar-refractivity contribution in [2.75, 3.05) is 49.5 Å². The molecule has 0 radical (unpaired) electrons. The molecule has 2 fully saturated rings. The van der Waals surface area contributed by atoms with Crippen LogP contribution in [0.25, 0.3) is 11.3 Å². The van der Waals surface area contributed by atoms with Gasteiger partial charge in [-0.2, -0.15) is 0 Å². The molecule has 7 heteroatoms. The number of phenols is 1. The monoisotopic (exact) mass is 380 g/mol. The first-order chi connectivity index (χ1) is 13.6. The number of phenolic OH excluding ortho intramolecular Hbond substituents is 1. The molecule has 2 aromatic rings. The van der Waals surface area contributed by atoms with Crippen LogP contribution in [-0.4, -0.2) is 71.1 Å². The smallest absolute Gasteiger partial charge is 0.172 e. The third-order valence-electron chi connectivity index (χ3n) is 6.51. The van der Waals surface area contributed by atoms with Crippen molar-refractivity contribution >= 4 is 11.5 Å². The van der Waals surface area contributed by atoms with E-state index in [0.717, 1.165) is 56.3 Å². The number of piperidine rings is 1. The molecule has 1 aromatic carbocycles. The maximum absolute atomic E-state index is 10.2. The van der Waals surface area contributed by atoms with E-state index in [1.165, 1.54) is 12.8 Å². The third kappa shape index (κ3) is 2.99. The summed E-state index contributed by atoms with van der Waals surface area (Å²) in [7, 11) is 0. The molecule has 0 amide bonds. The highest BCUT2D eigenvalue weighted by atomic mass is 16.3. The largest absolute Gasteiger partial charge is 0.507 e. The lowest BCUT2D eigenvalue weighted by molar-refractivity contribution is 0.106. The average molecular weight is 380 g/mol. The Bertz CT molecular complexity index is 868. The quantitative estimate of drug-likeness (QED) is 0.735. The van der Waals surface area contributed by atoms with E-state index in [0.29, 0.717) is 11.7 Å². The zero-order valence-electron chi connectivity index (χ0n) is 16.4. The highest BCUT2D eigenvalue weighted by Crippen LogP contribution is 2.40. The van der Waals surface area contributed by atoms with Gasteiger partial charge in [-0.25, -0.2) is 0 Å². The Kier molecular flexibility index (Phi) is 4.36. The topological polar surface area (TPSA) is 76.6 Å². The van der Waals surface area contributed by atoms with E-state index in [1.807, 2.05) is 18.2 Å². The van der Waals surface area contributed by atoms with Gasteiger partial charge in [0, 0.05) is 37.8 Å². The van der Waals surface area contributed by atoms with Crippen molar-refractivity contribution < 1.29 is 5.11 Å². The molecule has 1 unspecified atom stereocenters. The Morgan fingerprint density at radius 2 is 1.96 bits per heavy atom. The number of piperazine rings is 1. The second-order valence-electron chi connectivity index (χ2n) is 8.43. The van der Waals surface area contributed by atoms with Crippen LogP contribution in [-0.2, 0) is 0 Å². The first-order valence-corrected chi connectivity index (χ1v) is 10.3. The van der Waals surface area contributed by atoms with Gasteiger partial charge >= 0.3 is 0 Å². The maximum Gasteiger partial charge on any atom is 0.172 e. The summed E-state index contributed by atoms with van der Waals surface area (Å²) in [6.45, 7) is 8.58. The molecule has 1 aromatic heterocycles. The number of benzene rings is 1. The highest BCUT2D eigenvalue weighted by Gasteiger charge is 2.43. The summed E-state index contributed by atoms with van der Waals surface area (Å²) in [5, 5.41) is 26.0. The van der Waals surface area contributed by atoms with E-state index < -0.39 is 0 Å². The highest BCUT2D eigenvalue weighted by molar-refractivity contribution is 5.77. The Morgan fingerprint density at radius 1 is 1.14 bits per heavy atom. The van der Waals surface area contributed by atoms with Crippen LogP contribution in [0.15, 0.2) is 30.3 Å². The van der Waals surface area contributed by atoms with Gasteiger partial charge in [-0.3, -0.25) is 4.90 Å². The summed E-state index contributed by atoms with van der Waals surface area (Å²) in [5.74, 6) is 1.07. The normalized spacial score (nSPS) is 25.7. The van der Waals surface area contributed by atoms with Gasteiger partial charge in [0.05, 0.1) is 16.9 Å². The number of rotatable bonds is 2. The van der Waals surface area contributed by atoms with Gasteiger partial charge in [-0.05, 0) is 51.1 Å². The Labute approximate surface area is 165 Å². The number of para-hydroxylation sites is 1. The number of hydrogen-bond donors (Lipinski definition) is 3. The SMILES string of the molecule is CC12CNc3nnc(-c4ccccc4O)cc3N1CCN(C1CCNCC1)C2. The van der Waals surface area contributed by atoms with Gasteiger partial charge in [0.2, 0.25) is 0 Å². The average Bonchev–Trinajstić information content (AvgIpc) is 2.73. The number of anilines is 2. The number of fused-ring (bicyclic) bond motifs is 3. The minimum Gasteiger partial charge on any atom is -0.507 e. The fourth-order valence-corrected chi connectivity index (χ4v) is 4.96. The molecule has 28 heavy (non-hydrogen) atoms. The van der Waals surface area contributed by atoms with E-state index in [2.05, 4.69) is 43.6 Å². The molecule has 0 spiro atoms. The molecule has 3 N–H and O–H groups in total. The Balaban J connectivity index is 1.44. The lowest BCUT2D eigenvalue weighted by atomic mass is 9.90. The zero-order chi connectivity index (χ0) is 19.1. The van der Waals surface area contributed by atoms with Crippen molar-refractivity contribution in [3.63, 3.8) is 0 Å². The molecule has 3 aliphatic rings. The molecule has 1 atom stereocenters. The van der Waals surface area contributed by atoms with Crippen molar-refractivity contribution in [2.45, 2.75) is 31.3 Å². The van der Waals surface area contributed by atoms with E-state index in [4.69, 9.17) is 0 Å². The molecule has 4 heterocycles. The second-order valence-corrected chi connectivity index (χ2v) is 8.43. The summed E-state index contributed by atoms with van der Waals surface area (Å²) >= 11 is 0. The van der Waals surface area contributed by atoms with Crippen LogP contribution < -0.4 is 15.5 Å². The van der Waals surface area contributed by atoms with Crippen LogP contribution >= 0.6 is 0 Å². The number of aromatic nitrogens is 2. The first-order valence-electron chi connectivity index (χ1n) is 10.3. The summed E-state index contributed by atoms with van der Waals surface area (Å²) in [5.41, 5.74) is 2.55. The van der Waals surface area contributed by atoms with Crippen LogP contribution in [0.2, 0.25) is 0 Å². The number of hydrogen-bond acceptors (Lipinski definition) is 7. The maximum atomic E-state index is 10.2. The molecular formula is C21H28N6O. The molecule has 0 bridgehead atoms. The second kappa shape index (κ2) is 6.90. The standard InChI is InChI=1S/C21H28N6O/c1-21-13-23-20-18(12-17(24-25-20)16-4-2-3-5-19(16)28)27(21)11-10-26(14-21)15-6-8-22-9-7-15/h2-5,12,15,22,28H,6-11,13-14H2,1H3,(H,23,25). The van der Waals surface area contributed by atoms with Crippen molar-refractivity contribution in [2.24, 2.45) is 0 Å². The predicted octanol–water partition coefficient (Wildman–Crippen LogP) is 1.91. The summed E-state index contributed by atoms with van der Waals surface area (Å²) in [6.07, 6.45) is 2.48. The van der Waals surface area contributed by atoms with Gasteiger partial charge < -0.3 is 20.6 Å². The molecular weight excluding hydrogens is 352 g/mol. The van der Waals surface area contributed by atoms with Crippen LogP contribution in [0, 0.1) is 0 Å². The van der Waals surface area contributed by atoms with Crippen LogP contribution in [0.3, 0.4) is 0 Å². The van der Waals surface area contributed by atoms with Crippen molar-refractivity contribution in [1.29, 1.82) is 0 Å². The predicted molar refractivity (Wildman–Crippen MR) is 111 cm³/mol. The molecule has 0 saturated carbocycles. The molecule has 5 rings (SSSR count). The molecule has 2 saturated heterocycles. The van der Waals surface area contributed by atoms with Crippen LogP contribution in [0.1, 0.15) is 19.8 Å². The molecule has 3 aliphatic heterocycles. The van der Waals surface area contributed by atoms with Gasteiger partial charge in [-0.1, -0.05) is 12.1 Å². The van der Waals surface area contributed by atoms with Crippen molar-refractivity contribution in [3.8, 4) is 17.0 Å². The minimum atomic E-state index is 0.0230. The molecule has 148 valence electrons. The van der Waals surface area contributed by atoms with E-state index in [-0.39, 0.29) is 11.3 Å². The lowest BCUT2D eigenvalue weighted by Crippen LogP contribution is -2.67. The van der Waals surface area contributed by atoms with Gasteiger partial charge in [0.25, 0.3) is 0 Å². The van der Waals surface area contributed by atoms with Crippen molar-refractivity contribution in [1.82, 2.24) is 20.4 Å². The van der Waals surface area contributed by atoms with E-state index in [9.17, 15) is 5.11 Å². The fourth-order valence-electron chi connectivity index (χ4n) is 4.96. The lowest BCUT2D eigenvalue weighted by Gasteiger charge is -2.54. The van der Waals surface area contributed by atoms with Gasteiger partial charge in [-0.15, -0.1) is 10.2 Å². The van der Waals surface area contributed by atoms with E-state index >= 15 is 0 Å². The number of aromatic hydroxyl groups is 1. The Morgan fingerprint density at radius 3 is 2.79 bits per heavy atom. The summed E-state index contributed by atoms with van der Waals surface area (Å²) < 4.78 is 0. The van der Waals surface area contributed by atoms with Crippen LogP contribution in [0.4, 0.5) is 11.5 Å².